The van der Waals surface area contributed by atoms with Crippen LogP contribution in [0.2, 0.25) is 0 Å². The van der Waals surface area contributed by atoms with Gasteiger partial charge in [0.05, 0.1) is 0 Å². The van der Waals surface area contributed by atoms with Crippen LogP contribution in [-0.4, -0.2) is 30.3 Å². The lowest BCUT2D eigenvalue weighted by Crippen LogP contribution is -2.30. The van der Waals surface area contributed by atoms with Crippen LogP contribution in [0.1, 0.15) is 44.9 Å². The molecular formula is C11H22NS. The summed E-state index contributed by atoms with van der Waals surface area (Å²) in [7, 11) is 0. The molecule has 0 aromatic heterocycles. The molecule has 1 heterocycles. The molecule has 1 nitrogen and oxygen atoms in total. The van der Waals surface area contributed by atoms with E-state index in [1.165, 1.54) is 64.6 Å². The second kappa shape index (κ2) is 7.69. The summed E-state index contributed by atoms with van der Waals surface area (Å²) in [6, 6.07) is 0. The molecule has 0 unspecified atom stereocenters. The number of rotatable bonds is 6. The summed E-state index contributed by atoms with van der Waals surface area (Å²) >= 11 is 4.92. The molecule has 1 radical (unpaired) electrons. The molecule has 1 fully saturated rings. The Balaban J connectivity index is 1.86. The van der Waals surface area contributed by atoms with E-state index in [0.29, 0.717) is 0 Å². The van der Waals surface area contributed by atoms with E-state index in [0.717, 1.165) is 5.75 Å². The monoisotopic (exact) mass is 200 g/mol. The van der Waals surface area contributed by atoms with Gasteiger partial charge in [-0.25, -0.2) is 0 Å². The van der Waals surface area contributed by atoms with E-state index in [9.17, 15) is 0 Å². The fourth-order valence-corrected chi connectivity index (χ4v) is 2.18. The van der Waals surface area contributed by atoms with Gasteiger partial charge >= 0.3 is 0 Å². The second-order valence-electron chi connectivity index (χ2n) is 4.02. The van der Waals surface area contributed by atoms with Gasteiger partial charge in [-0.3, -0.25) is 0 Å². The minimum Gasteiger partial charge on any atom is -0.303 e. The van der Waals surface area contributed by atoms with E-state index >= 15 is 0 Å². The number of unbranched alkanes of at least 4 members (excludes halogenated alkanes) is 3. The molecule has 0 aromatic carbocycles. The van der Waals surface area contributed by atoms with Gasteiger partial charge in [-0.2, -0.15) is 0 Å². The second-order valence-corrected chi connectivity index (χ2v) is 4.43. The van der Waals surface area contributed by atoms with Gasteiger partial charge in [0.25, 0.3) is 0 Å². The SMILES string of the molecule is [S]CCCCCCN1CCCCC1. The molecule has 0 aromatic rings. The van der Waals surface area contributed by atoms with Crippen molar-refractivity contribution in [2.75, 3.05) is 25.4 Å². The standard InChI is InChI=1S/C11H22NS/c13-11-7-2-1-4-8-12-9-5-3-6-10-12/h1-11H2. The first-order chi connectivity index (χ1) is 6.43. The molecule has 0 bridgehead atoms. The van der Waals surface area contributed by atoms with Crippen molar-refractivity contribution in [3.8, 4) is 0 Å². The molecule has 77 valence electrons. The molecule has 1 aliphatic rings. The summed E-state index contributed by atoms with van der Waals surface area (Å²) in [5, 5.41) is 0. The fraction of sp³-hybridized carbons (Fsp3) is 1.00. The Hall–Kier alpha value is 0.310. The topological polar surface area (TPSA) is 3.24 Å². The van der Waals surface area contributed by atoms with Gasteiger partial charge in [0, 0.05) is 5.75 Å². The van der Waals surface area contributed by atoms with E-state index in [1.54, 1.807) is 0 Å². The Labute approximate surface area is 88.3 Å². The lowest BCUT2D eigenvalue weighted by molar-refractivity contribution is 0.224. The van der Waals surface area contributed by atoms with Gasteiger partial charge in [-0.05, 0) is 45.3 Å². The average Bonchev–Trinajstić information content (AvgIpc) is 2.19. The molecule has 1 saturated heterocycles. The van der Waals surface area contributed by atoms with Crippen molar-refractivity contribution in [1.82, 2.24) is 4.90 Å². The number of piperidine rings is 1. The van der Waals surface area contributed by atoms with Crippen LogP contribution in [0, 0.1) is 0 Å². The largest absolute Gasteiger partial charge is 0.303 e. The highest BCUT2D eigenvalue weighted by Gasteiger charge is 2.08. The third-order valence-corrected chi connectivity index (χ3v) is 3.11. The van der Waals surface area contributed by atoms with Gasteiger partial charge in [0.15, 0.2) is 0 Å². The van der Waals surface area contributed by atoms with Gasteiger partial charge in [0.2, 0.25) is 0 Å². The summed E-state index contributed by atoms with van der Waals surface area (Å²) in [4.78, 5) is 2.62. The predicted molar refractivity (Wildman–Crippen MR) is 61.2 cm³/mol. The van der Waals surface area contributed by atoms with Crippen molar-refractivity contribution in [3.05, 3.63) is 0 Å². The first-order valence-electron chi connectivity index (χ1n) is 5.74. The quantitative estimate of drug-likeness (QED) is 0.595. The molecule has 0 N–H and O–H groups in total. The Kier molecular flexibility index (Phi) is 6.73. The van der Waals surface area contributed by atoms with Crippen LogP contribution in [0.4, 0.5) is 0 Å². The molecular weight excluding hydrogens is 178 g/mol. The van der Waals surface area contributed by atoms with Crippen LogP contribution in [0.15, 0.2) is 0 Å². The third kappa shape index (κ3) is 5.58. The molecule has 0 aliphatic carbocycles. The molecule has 2 heteroatoms. The van der Waals surface area contributed by atoms with Crippen LogP contribution in [-0.2, 0) is 0 Å². The predicted octanol–water partition coefficient (Wildman–Crippen LogP) is 3.23. The summed E-state index contributed by atoms with van der Waals surface area (Å²) in [5.74, 6) is 0.948. The van der Waals surface area contributed by atoms with Gasteiger partial charge < -0.3 is 4.90 Å². The smallest absolute Gasteiger partial charge is 0.00369 e. The molecule has 13 heavy (non-hydrogen) atoms. The molecule has 0 atom stereocenters. The van der Waals surface area contributed by atoms with Crippen molar-refractivity contribution in [1.29, 1.82) is 0 Å². The maximum Gasteiger partial charge on any atom is 0.00369 e. The normalized spacial score (nSPS) is 19.2. The van der Waals surface area contributed by atoms with Crippen LogP contribution in [0.3, 0.4) is 0 Å². The maximum atomic E-state index is 4.92. The number of nitrogens with zero attached hydrogens (tertiary/aromatic N) is 1. The number of hydrogen-bond acceptors (Lipinski definition) is 1. The Morgan fingerprint density at radius 2 is 1.54 bits per heavy atom. The Morgan fingerprint density at radius 3 is 2.23 bits per heavy atom. The van der Waals surface area contributed by atoms with Gasteiger partial charge in [-0.1, -0.05) is 31.9 Å². The van der Waals surface area contributed by atoms with E-state index in [1.807, 2.05) is 0 Å². The Bertz CT molecular complexity index is 111. The van der Waals surface area contributed by atoms with Gasteiger partial charge in [0.1, 0.15) is 0 Å². The molecule has 0 amide bonds. The van der Waals surface area contributed by atoms with E-state index in [-0.39, 0.29) is 0 Å². The third-order valence-electron chi connectivity index (χ3n) is 2.82. The average molecular weight is 200 g/mol. The van der Waals surface area contributed by atoms with Crippen molar-refractivity contribution in [3.63, 3.8) is 0 Å². The zero-order valence-electron chi connectivity index (χ0n) is 8.63. The summed E-state index contributed by atoms with van der Waals surface area (Å²) in [5.41, 5.74) is 0. The van der Waals surface area contributed by atoms with Crippen molar-refractivity contribution in [2.45, 2.75) is 44.9 Å². The van der Waals surface area contributed by atoms with E-state index in [4.69, 9.17) is 12.6 Å². The molecule has 1 aliphatic heterocycles. The minimum absolute atomic E-state index is 0.948. The van der Waals surface area contributed by atoms with Gasteiger partial charge in [-0.15, -0.1) is 0 Å². The minimum atomic E-state index is 0.948. The van der Waals surface area contributed by atoms with Crippen LogP contribution in [0.25, 0.3) is 0 Å². The van der Waals surface area contributed by atoms with Crippen LogP contribution in [0.5, 0.6) is 0 Å². The summed E-state index contributed by atoms with van der Waals surface area (Å²) in [6.45, 7) is 4.03. The van der Waals surface area contributed by atoms with Crippen molar-refractivity contribution in [2.24, 2.45) is 0 Å². The lowest BCUT2D eigenvalue weighted by atomic mass is 10.1. The van der Waals surface area contributed by atoms with Crippen LogP contribution >= 0.6 is 12.6 Å². The fourth-order valence-electron chi connectivity index (χ4n) is 1.97. The van der Waals surface area contributed by atoms with E-state index in [2.05, 4.69) is 4.90 Å². The number of hydrogen-bond donors (Lipinski definition) is 0. The summed E-state index contributed by atoms with van der Waals surface area (Å²) in [6.07, 6.45) is 9.65. The lowest BCUT2D eigenvalue weighted by Gasteiger charge is -2.26. The van der Waals surface area contributed by atoms with Crippen LogP contribution < -0.4 is 0 Å². The van der Waals surface area contributed by atoms with Crippen molar-refractivity contribution < 1.29 is 0 Å². The molecule has 0 spiro atoms. The first-order valence-corrected chi connectivity index (χ1v) is 6.31. The first kappa shape index (κ1) is 11.4. The highest BCUT2D eigenvalue weighted by Crippen LogP contribution is 2.10. The zero-order valence-corrected chi connectivity index (χ0v) is 9.45. The number of likely N-dealkylation sites (tertiary alicyclic amines) is 1. The van der Waals surface area contributed by atoms with E-state index < -0.39 is 0 Å². The Morgan fingerprint density at radius 1 is 0.846 bits per heavy atom. The summed E-state index contributed by atoms with van der Waals surface area (Å²) < 4.78 is 0. The highest BCUT2D eigenvalue weighted by molar-refractivity contribution is 7.80. The zero-order chi connectivity index (χ0) is 9.36. The molecule has 1 rings (SSSR count). The van der Waals surface area contributed by atoms with Crippen molar-refractivity contribution >= 4 is 12.6 Å². The highest BCUT2D eigenvalue weighted by atomic mass is 32.1. The molecule has 0 saturated carbocycles. The maximum absolute atomic E-state index is 4.92.